The van der Waals surface area contributed by atoms with Gasteiger partial charge < -0.3 is 20.9 Å². The lowest BCUT2D eigenvalue weighted by Gasteiger charge is -2.26. The number of carbonyl (C=O) groups excluding carboxylic acids is 1. The predicted octanol–water partition coefficient (Wildman–Crippen LogP) is 3.90. The third kappa shape index (κ3) is 4.48. The number of rotatable bonds is 6. The smallest absolute Gasteiger partial charge is 0.208 e. The minimum absolute atomic E-state index is 0.00233. The first-order chi connectivity index (χ1) is 16.4. The summed E-state index contributed by atoms with van der Waals surface area (Å²) in [7, 11) is 0. The first-order valence-electron chi connectivity index (χ1n) is 11.4. The van der Waals surface area contributed by atoms with Gasteiger partial charge in [-0.1, -0.05) is 17.7 Å². The van der Waals surface area contributed by atoms with E-state index < -0.39 is 6.10 Å². The maximum Gasteiger partial charge on any atom is 0.208 e. The maximum absolute atomic E-state index is 13.5. The lowest BCUT2D eigenvalue weighted by atomic mass is 9.93. The zero-order valence-electron chi connectivity index (χ0n) is 18.8. The molecule has 4 atom stereocenters. The average Bonchev–Trinajstić information content (AvgIpc) is 3.40. The van der Waals surface area contributed by atoms with E-state index >= 15 is 0 Å². The highest BCUT2D eigenvalue weighted by atomic mass is 35.5. The van der Waals surface area contributed by atoms with Gasteiger partial charge in [0.2, 0.25) is 5.78 Å². The number of hydrogen-bond donors (Lipinski definition) is 3. The molecule has 0 radical (unpaired) electrons. The van der Waals surface area contributed by atoms with Gasteiger partial charge in [-0.15, -0.1) is 11.3 Å². The van der Waals surface area contributed by atoms with E-state index in [1.165, 1.54) is 23.2 Å². The molecule has 34 heavy (non-hydrogen) atoms. The molecular formula is C25H27ClN4O3S. The van der Waals surface area contributed by atoms with Gasteiger partial charge in [-0.25, -0.2) is 9.97 Å². The minimum atomic E-state index is -0.446. The molecule has 178 valence electrons. The average molecular weight is 499 g/mol. The molecule has 1 aliphatic heterocycles. The zero-order chi connectivity index (χ0) is 23.8. The molecule has 0 bridgehead atoms. The van der Waals surface area contributed by atoms with Crippen LogP contribution in [0, 0.1) is 12.8 Å². The number of ether oxygens (including phenoxy) is 1. The van der Waals surface area contributed by atoms with E-state index in [4.69, 9.17) is 22.1 Å². The SMILES string of the molecule is Cc1sc(C(=O)c2cncnc2N[C@@H]2C[C@H](CN)[C@@H](O)C2)cc1[C@@H]1OCCc2ccc(Cl)cc21. The fraction of sp³-hybridized carbons (Fsp3) is 0.400. The summed E-state index contributed by atoms with van der Waals surface area (Å²) < 4.78 is 6.13. The van der Waals surface area contributed by atoms with E-state index in [0.29, 0.717) is 40.9 Å². The minimum Gasteiger partial charge on any atom is -0.393 e. The molecule has 0 spiro atoms. The molecule has 0 amide bonds. The van der Waals surface area contributed by atoms with Gasteiger partial charge in [0.1, 0.15) is 18.2 Å². The van der Waals surface area contributed by atoms with Crippen LogP contribution in [-0.4, -0.2) is 46.2 Å². The van der Waals surface area contributed by atoms with Crippen molar-refractivity contribution in [3.05, 3.63) is 73.8 Å². The number of aliphatic hydroxyl groups excluding tert-OH is 1. The molecule has 2 aliphatic rings. The second-order valence-corrected chi connectivity index (χ2v) is 10.6. The van der Waals surface area contributed by atoms with Crippen molar-refractivity contribution in [2.75, 3.05) is 18.5 Å². The summed E-state index contributed by atoms with van der Waals surface area (Å²) in [5.74, 6) is 0.389. The first-order valence-corrected chi connectivity index (χ1v) is 12.6. The van der Waals surface area contributed by atoms with Crippen LogP contribution in [0.3, 0.4) is 0 Å². The van der Waals surface area contributed by atoms with Crippen molar-refractivity contribution in [3.63, 3.8) is 0 Å². The highest BCUT2D eigenvalue weighted by Crippen LogP contribution is 2.39. The summed E-state index contributed by atoms with van der Waals surface area (Å²) in [5, 5.41) is 14.2. The van der Waals surface area contributed by atoms with E-state index in [-0.39, 0.29) is 23.8 Å². The van der Waals surface area contributed by atoms with Gasteiger partial charge in [-0.2, -0.15) is 0 Å². The number of benzene rings is 1. The molecule has 5 rings (SSSR count). The van der Waals surface area contributed by atoms with Crippen LogP contribution in [0.2, 0.25) is 5.02 Å². The van der Waals surface area contributed by atoms with Gasteiger partial charge in [0, 0.05) is 22.1 Å². The number of aliphatic hydroxyl groups is 1. The molecule has 7 nitrogen and oxygen atoms in total. The highest BCUT2D eigenvalue weighted by Gasteiger charge is 2.33. The van der Waals surface area contributed by atoms with E-state index in [1.807, 2.05) is 25.1 Å². The van der Waals surface area contributed by atoms with Gasteiger partial charge >= 0.3 is 0 Å². The fourth-order valence-electron chi connectivity index (χ4n) is 4.95. The molecule has 1 aromatic carbocycles. The monoisotopic (exact) mass is 498 g/mol. The Kier molecular flexibility index (Phi) is 6.68. The third-order valence-electron chi connectivity index (χ3n) is 6.77. The summed E-state index contributed by atoms with van der Waals surface area (Å²) >= 11 is 7.71. The Morgan fingerprint density at radius 1 is 1.32 bits per heavy atom. The Hall–Kier alpha value is -2.36. The third-order valence-corrected chi connectivity index (χ3v) is 8.07. The Morgan fingerprint density at radius 2 is 2.18 bits per heavy atom. The van der Waals surface area contributed by atoms with E-state index in [1.54, 1.807) is 6.20 Å². The van der Waals surface area contributed by atoms with Crippen molar-refractivity contribution in [1.82, 2.24) is 9.97 Å². The number of halogens is 1. The number of nitrogens with zero attached hydrogens (tertiary/aromatic N) is 2. The van der Waals surface area contributed by atoms with Crippen LogP contribution in [0.25, 0.3) is 0 Å². The molecule has 1 aliphatic carbocycles. The molecule has 3 aromatic rings. The quantitative estimate of drug-likeness (QED) is 0.442. The van der Waals surface area contributed by atoms with Crippen LogP contribution in [0.15, 0.2) is 36.8 Å². The van der Waals surface area contributed by atoms with Crippen molar-refractivity contribution < 1.29 is 14.6 Å². The van der Waals surface area contributed by atoms with Gasteiger partial charge in [0.15, 0.2) is 0 Å². The summed E-state index contributed by atoms with van der Waals surface area (Å²) in [6, 6.07) is 7.83. The molecular weight excluding hydrogens is 472 g/mol. The highest BCUT2D eigenvalue weighted by molar-refractivity contribution is 7.14. The Morgan fingerprint density at radius 3 is 2.97 bits per heavy atom. The second-order valence-electron chi connectivity index (χ2n) is 8.96. The van der Waals surface area contributed by atoms with Crippen LogP contribution in [0.4, 0.5) is 5.82 Å². The summed E-state index contributed by atoms with van der Waals surface area (Å²) in [6.45, 7) is 3.06. The van der Waals surface area contributed by atoms with Crippen LogP contribution in [-0.2, 0) is 11.2 Å². The Labute approximate surface area is 207 Å². The fourth-order valence-corrected chi connectivity index (χ4v) is 6.13. The lowest BCUT2D eigenvalue weighted by molar-refractivity contribution is 0.0697. The first kappa shape index (κ1) is 23.4. The number of ketones is 1. The maximum atomic E-state index is 13.5. The van der Waals surface area contributed by atoms with Gasteiger partial charge in [-0.05, 0) is 73.5 Å². The van der Waals surface area contributed by atoms with Gasteiger partial charge in [0.05, 0.1) is 23.2 Å². The number of carbonyl (C=O) groups is 1. The number of hydrogen-bond acceptors (Lipinski definition) is 8. The number of aromatic nitrogens is 2. The van der Waals surface area contributed by atoms with E-state index in [9.17, 15) is 9.90 Å². The summed E-state index contributed by atoms with van der Waals surface area (Å²) in [5.41, 5.74) is 9.43. The van der Waals surface area contributed by atoms with Crippen molar-refractivity contribution in [2.45, 2.75) is 44.4 Å². The molecule has 1 fully saturated rings. The molecule has 4 N–H and O–H groups in total. The van der Waals surface area contributed by atoms with Crippen LogP contribution < -0.4 is 11.1 Å². The van der Waals surface area contributed by atoms with Crippen molar-refractivity contribution >= 4 is 34.5 Å². The number of fused-ring (bicyclic) bond motifs is 1. The number of aryl methyl sites for hydroxylation is 1. The molecule has 1 saturated carbocycles. The summed E-state index contributed by atoms with van der Waals surface area (Å²) in [6.07, 6.45) is 4.42. The van der Waals surface area contributed by atoms with E-state index in [2.05, 4.69) is 21.4 Å². The number of nitrogens with two attached hydrogens (primary N) is 1. The zero-order valence-corrected chi connectivity index (χ0v) is 20.4. The number of anilines is 1. The topological polar surface area (TPSA) is 110 Å². The molecule has 0 unspecified atom stereocenters. The Bertz CT molecular complexity index is 1220. The lowest BCUT2D eigenvalue weighted by Crippen LogP contribution is -2.22. The molecule has 0 saturated heterocycles. The van der Waals surface area contributed by atoms with Crippen LogP contribution in [0.5, 0.6) is 0 Å². The van der Waals surface area contributed by atoms with Gasteiger partial charge in [-0.3, -0.25) is 4.79 Å². The second kappa shape index (κ2) is 9.71. The van der Waals surface area contributed by atoms with Crippen LogP contribution >= 0.6 is 22.9 Å². The van der Waals surface area contributed by atoms with Crippen molar-refractivity contribution in [2.24, 2.45) is 11.7 Å². The largest absolute Gasteiger partial charge is 0.393 e. The molecule has 2 aromatic heterocycles. The molecule has 3 heterocycles. The molecule has 9 heteroatoms. The van der Waals surface area contributed by atoms with Gasteiger partial charge in [0.25, 0.3) is 0 Å². The van der Waals surface area contributed by atoms with Crippen molar-refractivity contribution in [3.8, 4) is 0 Å². The predicted molar refractivity (Wildman–Crippen MR) is 133 cm³/mol. The Balaban J connectivity index is 1.42. The number of nitrogens with one attached hydrogen (secondary N) is 1. The standard InChI is InChI=1S/C25H27ClN4O3S/c1-13-18(24-19-7-16(26)3-2-14(19)4-5-33-24)9-22(34-13)23(32)20-11-28-12-29-25(20)30-17-6-15(10-27)21(31)8-17/h2-3,7,9,11-12,15,17,21,24,31H,4-6,8,10,27H2,1H3,(H,28,29,30)/t15-,17-,21+,24+/m1/s1. The number of thiophene rings is 1. The normalized spacial score (nSPS) is 24.1. The summed E-state index contributed by atoms with van der Waals surface area (Å²) in [4.78, 5) is 23.6. The van der Waals surface area contributed by atoms with Crippen LogP contribution in [0.1, 0.15) is 55.7 Å². The van der Waals surface area contributed by atoms with E-state index in [0.717, 1.165) is 28.8 Å². The van der Waals surface area contributed by atoms with Crippen molar-refractivity contribution in [1.29, 1.82) is 0 Å².